The molecule has 0 aromatic carbocycles. The Morgan fingerprint density at radius 3 is 1.25 bits per heavy atom. The molecule has 0 bridgehead atoms. The molecular weight excluding hydrogens is 316 g/mol. The average Bonchev–Trinajstić information content (AvgIpc) is 2.55. The Bertz CT molecular complexity index is 378. The van der Waals surface area contributed by atoms with Gasteiger partial charge < -0.3 is 30.3 Å². The second kappa shape index (κ2) is 8.75. The number of aliphatic carboxylic acids is 2. The van der Waals surface area contributed by atoms with Crippen LogP contribution in [0, 0.1) is 0 Å². The van der Waals surface area contributed by atoms with Crippen LogP contribution in [0.15, 0.2) is 0 Å². The van der Waals surface area contributed by atoms with E-state index in [1.807, 2.05) is 0 Å². The maximum Gasteiger partial charge on any atom is 0.414 e. The summed E-state index contributed by atoms with van der Waals surface area (Å²) in [6.07, 6.45) is 7.69. The number of piperidine rings is 2. The lowest BCUT2D eigenvalue weighted by Crippen LogP contribution is -2.54. The predicted molar refractivity (Wildman–Crippen MR) is 86.1 cm³/mol. The molecule has 4 fully saturated rings. The molecule has 0 aromatic heterocycles. The van der Waals surface area contributed by atoms with Gasteiger partial charge in [-0.2, -0.15) is 0 Å². The second-order valence-corrected chi connectivity index (χ2v) is 6.73. The summed E-state index contributed by atoms with van der Waals surface area (Å²) in [7, 11) is 0. The summed E-state index contributed by atoms with van der Waals surface area (Å²) >= 11 is 0. The highest BCUT2D eigenvalue weighted by atomic mass is 16.5. The number of hydrogen-bond acceptors (Lipinski definition) is 6. The van der Waals surface area contributed by atoms with Gasteiger partial charge in [0.1, 0.15) is 0 Å². The second-order valence-electron chi connectivity index (χ2n) is 6.73. The molecule has 2 unspecified atom stereocenters. The van der Waals surface area contributed by atoms with E-state index >= 15 is 0 Å². The van der Waals surface area contributed by atoms with Crippen LogP contribution in [-0.4, -0.2) is 72.7 Å². The molecule has 0 aliphatic carbocycles. The number of carboxylic acid groups (broad SMARTS) is 2. The Kier molecular flexibility index (Phi) is 6.97. The number of rotatable bonds is 0. The van der Waals surface area contributed by atoms with E-state index in [1.54, 1.807) is 0 Å². The van der Waals surface area contributed by atoms with Gasteiger partial charge in [0.05, 0.1) is 24.4 Å². The SMILES string of the molecule is C1CNCC2(C1)CCO2.C1CNCC2(C1)CCO2.O=C(O)C(=O)O. The summed E-state index contributed by atoms with van der Waals surface area (Å²) in [6.45, 7) is 6.53. The van der Waals surface area contributed by atoms with Gasteiger partial charge in [0.25, 0.3) is 0 Å². The standard InChI is InChI=1S/2C7H13NO.C2H2O4/c2*1-2-7(3-5-9-7)6-8-4-1;3-1(4)2(5)6/h2*8H,1-6H2;(H,3,4)(H,5,6). The zero-order valence-electron chi connectivity index (χ0n) is 14.0. The van der Waals surface area contributed by atoms with E-state index in [1.165, 1.54) is 51.6 Å². The fraction of sp³-hybridized carbons (Fsp3) is 0.875. The lowest BCUT2D eigenvalue weighted by Gasteiger charge is -2.44. The summed E-state index contributed by atoms with van der Waals surface area (Å²) in [5.74, 6) is -3.65. The molecule has 4 rings (SSSR count). The highest BCUT2D eigenvalue weighted by Gasteiger charge is 2.39. The van der Waals surface area contributed by atoms with Gasteiger partial charge in [0, 0.05) is 25.9 Å². The van der Waals surface area contributed by atoms with E-state index in [4.69, 9.17) is 29.3 Å². The summed E-state index contributed by atoms with van der Waals surface area (Å²) in [4.78, 5) is 18.2. The van der Waals surface area contributed by atoms with Crippen LogP contribution >= 0.6 is 0 Å². The maximum absolute atomic E-state index is 9.10. The first kappa shape index (κ1) is 19.1. The van der Waals surface area contributed by atoms with Gasteiger partial charge in [-0.15, -0.1) is 0 Å². The van der Waals surface area contributed by atoms with Crippen molar-refractivity contribution in [3.8, 4) is 0 Å². The van der Waals surface area contributed by atoms with Gasteiger partial charge in [-0.25, -0.2) is 9.59 Å². The quantitative estimate of drug-likeness (QED) is 0.461. The molecule has 4 aliphatic rings. The third-order valence-corrected chi connectivity index (χ3v) is 4.98. The molecule has 8 nitrogen and oxygen atoms in total. The monoisotopic (exact) mass is 344 g/mol. The first-order valence-electron chi connectivity index (χ1n) is 8.63. The lowest BCUT2D eigenvalue weighted by molar-refractivity contribution is -0.159. The van der Waals surface area contributed by atoms with E-state index in [9.17, 15) is 0 Å². The van der Waals surface area contributed by atoms with Gasteiger partial charge >= 0.3 is 11.9 Å². The van der Waals surface area contributed by atoms with Crippen molar-refractivity contribution in [3.05, 3.63) is 0 Å². The molecule has 24 heavy (non-hydrogen) atoms. The summed E-state index contributed by atoms with van der Waals surface area (Å²) in [6, 6.07) is 0. The van der Waals surface area contributed by atoms with Crippen molar-refractivity contribution in [1.82, 2.24) is 10.6 Å². The normalized spacial score (nSPS) is 33.8. The van der Waals surface area contributed by atoms with Crippen LogP contribution in [0.5, 0.6) is 0 Å². The third kappa shape index (κ3) is 5.41. The van der Waals surface area contributed by atoms with E-state index in [0.717, 1.165) is 26.3 Å². The molecule has 0 amide bonds. The van der Waals surface area contributed by atoms with E-state index in [0.29, 0.717) is 0 Å². The molecule has 4 saturated heterocycles. The first-order chi connectivity index (χ1) is 11.5. The minimum atomic E-state index is -1.82. The Morgan fingerprint density at radius 2 is 1.12 bits per heavy atom. The largest absolute Gasteiger partial charge is 0.473 e. The van der Waals surface area contributed by atoms with Crippen molar-refractivity contribution in [2.45, 2.75) is 49.7 Å². The van der Waals surface area contributed by atoms with E-state index in [2.05, 4.69) is 10.6 Å². The average molecular weight is 344 g/mol. The molecule has 0 aromatic rings. The van der Waals surface area contributed by atoms with Crippen molar-refractivity contribution in [2.24, 2.45) is 0 Å². The topological polar surface area (TPSA) is 117 Å². The van der Waals surface area contributed by atoms with Crippen molar-refractivity contribution < 1.29 is 29.3 Å². The van der Waals surface area contributed by atoms with Crippen molar-refractivity contribution in [3.63, 3.8) is 0 Å². The lowest BCUT2D eigenvalue weighted by atomic mass is 9.87. The number of nitrogens with one attached hydrogen (secondary N) is 2. The van der Waals surface area contributed by atoms with Gasteiger partial charge in [0.15, 0.2) is 0 Å². The van der Waals surface area contributed by atoms with Crippen LogP contribution in [0.1, 0.15) is 38.5 Å². The summed E-state index contributed by atoms with van der Waals surface area (Å²) in [5, 5.41) is 21.5. The summed E-state index contributed by atoms with van der Waals surface area (Å²) in [5.41, 5.74) is 0.580. The fourth-order valence-electron chi connectivity index (χ4n) is 3.33. The zero-order valence-corrected chi connectivity index (χ0v) is 14.0. The molecular formula is C16H28N2O6. The highest BCUT2D eigenvalue weighted by molar-refractivity contribution is 6.27. The number of ether oxygens (including phenoxy) is 2. The van der Waals surface area contributed by atoms with Crippen molar-refractivity contribution in [2.75, 3.05) is 39.4 Å². The van der Waals surface area contributed by atoms with E-state index < -0.39 is 11.9 Å². The van der Waals surface area contributed by atoms with Crippen LogP contribution in [0.4, 0.5) is 0 Å². The van der Waals surface area contributed by atoms with E-state index in [-0.39, 0.29) is 11.2 Å². The molecule has 4 aliphatic heterocycles. The van der Waals surface area contributed by atoms with Crippen LogP contribution in [-0.2, 0) is 19.1 Å². The van der Waals surface area contributed by atoms with Gasteiger partial charge in [0.2, 0.25) is 0 Å². The maximum atomic E-state index is 9.10. The zero-order chi connectivity index (χ0) is 17.5. The molecule has 0 saturated carbocycles. The highest BCUT2D eigenvalue weighted by Crippen LogP contribution is 2.32. The van der Waals surface area contributed by atoms with Gasteiger partial charge in [-0.1, -0.05) is 0 Å². The minimum absolute atomic E-state index is 0.290. The molecule has 4 heterocycles. The minimum Gasteiger partial charge on any atom is -0.473 e. The third-order valence-electron chi connectivity index (χ3n) is 4.98. The first-order valence-corrected chi connectivity index (χ1v) is 8.63. The number of hydrogen-bond donors (Lipinski definition) is 4. The Morgan fingerprint density at radius 1 is 0.750 bits per heavy atom. The Hall–Kier alpha value is -1.22. The molecule has 8 heteroatoms. The Balaban J connectivity index is 0.000000134. The van der Waals surface area contributed by atoms with Crippen LogP contribution in [0.25, 0.3) is 0 Å². The molecule has 2 spiro atoms. The number of carboxylic acids is 2. The van der Waals surface area contributed by atoms with Gasteiger partial charge in [-0.3, -0.25) is 0 Å². The predicted octanol–water partition coefficient (Wildman–Crippen LogP) is 0.213. The Labute approximate surface area is 141 Å². The molecule has 0 radical (unpaired) electrons. The number of carbonyl (C=O) groups is 2. The fourth-order valence-corrected chi connectivity index (χ4v) is 3.33. The smallest absolute Gasteiger partial charge is 0.414 e. The van der Waals surface area contributed by atoms with Gasteiger partial charge in [-0.05, 0) is 38.8 Å². The molecule has 138 valence electrons. The van der Waals surface area contributed by atoms with Crippen molar-refractivity contribution in [1.29, 1.82) is 0 Å². The van der Waals surface area contributed by atoms with Crippen molar-refractivity contribution >= 4 is 11.9 Å². The molecule has 2 atom stereocenters. The summed E-state index contributed by atoms with van der Waals surface area (Å²) < 4.78 is 11.0. The molecule has 4 N–H and O–H groups in total. The van der Waals surface area contributed by atoms with Crippen LogP contribution < -0.4 is 10.6 Å². The van der Waals surface area contributed by atoms with Crippen LogP contribution in [0.3, 0.4) is 0 Å². The van der Waals surface area contributed by atoms with Crippen LogP contribution in [0.2, 0.25) is 0 Å².